The van der Waals surface area contributed by atoms with Crippen LogP contribution in [0.1, 0.15) is 42.9 Å². The van der Waals surface area contributed by atoms with Gasteiger partial charge in [0.15, 0.2) is 0 Å². The molecule has 25 heavy (non-hydrogen) atoms. The molecule has 0 saturated carbocycles. The van der Waals surface area contributed by atoms with E-state index in [-0.39, 0.29) is 5.41 Å². The van der Waals surface area contributed by atoms with Crippen molar-refractivity contribution in [3.63, 3.8) is 0 Å². The Bertz CT molecular complexity index is 1050. The third-order valence-electron chi connectivity index (χ3n) is 6.09. The minimum atomic E-state index is 0.131. The lowest BCUT2D eigenvalue weighted by atomic mass is 9.75. The molecule has 0 aromatic heterocycles. The van der Waals surface area contributed by atoms with Crippen molar-refractivity contribution in [2.75, 3.05) is 0 Å². The molecule has 0 heterocycles. The van der Waals surface area contributed by atoms with E-state index in [4.69, 9.17) is 0 Å². The van der Waals surface area contributed by atoms with Crippen LogP contribution in [-0.4, -0.2) is 0 Å². The van der Waals surface area contributed by atoms with Crippen LogP contribution >= 0.6 is 0 Å². The van der Waals surface area contributed by atoms with E-state index in [1.54, 1.807) is 5.57 Å². The highest BCUT2D eigenvalue weighted by Gasteiger charge is 2.38. The summed E-state index contributed by atoms with van der Waals surface area (Å²) in [4.78, 5) is 0. The molecule has 0 bridgehead atoms. The standard InChI is InChI=1S/C25H22/c1-25(2)23-10-6-5-9-21(23)22-14-13-20(16-24(22)25)19-12-11-17-7-3-4-8-18(17)15-19/h3-15,20H,16H2,1-2H3. The molecule has 0 fully saturated rings. The van der Waals surface area contributed by atoms with Gasteiger partial charge >= 0.3 is 0 Å². The van der Waals surface area contributed by atoms with E-state index in [1.807, 2.05) is 0 Å². The van der Waals surface area contributed by atoms with Crippen molar-refractivity contribution in [1.82, 2.24) is 0 Å². The molecule has 0 radical (unpaired) electrons. The molecular formula is C25H22. The number of fused-ring (bicyclic) bond motifs is 3. The van der Waals surface area contributed by atoms with Crippen LogP contribution in [-0.2, 0) is 5.41 Å². The summed E-state index contributed by atoms with van der Waals surface area (Å²) in [5.74, 6) is 0.469. The summed E-state index contributed by atoms with van der Waals surface area (Å²) in [7, 11) is 0. The molecule has 1 unspecified atom stereocenters. The minimum absolute atomic E-state index is 0.131. The maximum absolute atomic E-state index is 2.40. The van der Waals surface area contributed by atoms with E-state index in [0.29, 0.717) is 5.92 Å². The Labute approximate surface area is 149 Å². The summed E-state index contributed by atoms with van der Waals surface area (Å²) in [5.41, 5.74) is 7.51. The van der Waals surface area contributed by atoms with Gasteiger partial charge in [0, 0.05) is 11.3 Å². The van der Waals surface area contributed by atoms with E-state index in [1.165, 1.54) is 33.0 Å². The van der Waals surface area contributed by atoms with Gasteiger partial charge in [-0.25, -0.2) is 0 Å². The van der Waals surface area contributed by atoms with E-state index in [9.17, 15) is 0 Å². The van der Waals surface area contributed by atoms with Crippen molar-refractivity contribution < 1.29 is 0 Å². The van der Waals surface area contributed by atoms with Crippen molar-refractivity contribution in [1.29, 1.82) is 0 Å². The second kappa shape index (κ2) is 5.20. The molecule has 1 atom stereocenters. The molecule has 122 valence electrons. The third kappa shape index (κ3) is 2.14. The summed E-state index contributed by atoms with van der Waals surface area (Å²) >= 11 is 0. The van der Waals surface area contributed by atoms with Gasteiger partial charge in [0.1, 0.15) is 0 Å². The van der Waals surface area contributed by atoms with Crippen LogP contribution in [0.5, 0.6) is 0 Å². The Morgan fingerprint density at radius 3 is 2.48 bits per heavy atom. The summed E-state index contributed by atoms with van der Waals surface area (Å²) in [6.45, 7) is 4.76. The molecule has 0 amide bonds. The molecule has 3 aromatic carbocycles. The Kier molecular flexibility index (Phi) is 3.06. The van der Waals surface area contributed by atoms with Crippen molar-refractivity contribution in [2.24, 2.45) is 0 Å². The fourth-order valence-corrected chi connectivity index (χ4v) is 4.65. The van der Waals surface area contributed by atoms with Crippen molar-refractivity contribution in [3.05, 3.63) is 101 Å². The molecule has 3 aromatic rings. The number of benzene rings is 3. The van der Waals surface area contributed by atoms with Crippen LogP contribution in [0.2, 0.25) is 0 Å². The lowest BCUT2D eigenvalue weighted by molar-refractivity contribution is 0.591. The first kappa shape index (κ1) is 14.7. The lowest BCUT2D eigenvalue weighted by Crippen LogP contribution is -2.19. The van der Waals surface area contributed by atoms with Crippen LogP contribution in [0.3, 0.4) is 0 Å². The molecule has 0 N–H and O–H groups in total. The normalized spacial score (nSPS) is 20.6. The number of rotatable bonds is 1. The van der Waals surface area contributed by atoms with E-state index >= 15 is 0 Å². The Hall–Kier alpha value is -2.60. The van der Waals surface area contributed by atoms with Crippen LogP contribution in [0.25, 0.3) is 16.3 Å². The SMILES string of the molecule is CC1(C)C2=C(C=CC(c3ccc4ccccc4c3)C2)c2ccccc21. The van der Waals surface area contributed by atoms with Gasteiger partial charge < -0.3 is 0 Å². The van der Waals surface area contributed by atoms with Gasteiger partial charge in [0.2, 0.25) is 0 Å². The second-order valence-electron chi connectivity index (χ2n) is 7.84. The Balaban J connectivity index is 1.56. The van der Waals surface area contributed by atoms with Gasteiger partial charge in [-0.2, -0.15) is 0 Å². The first-order valence-corrected chi connectivity index (χ1v) is 9.15. The van der Waals surface area contributed by atoms with Gasteiger partial charge in [0.05, 0.1) is 0 Å². The molecule has 5 rings (SSSR count). The van der Waals surface area contributed by atoms with Crippen LogP contribution in [0.4, 0.5) is 0 Å². The molecular weight excluding hydrogens is 300 g/mol. The number of allylic oxidation sites excluding steroid dienone is 4. The van der Waals surface area contributed by atoms with Gasteiger partial charge in [0.25, 0.3) is 0 Å². The molecule has 2 aliphatic rings. The van der Waals surface area contributed by atoms with E-state index < -0.39 is 0 Å². The van der Waals surface area contributed by atoms with Crippen molar-refractivity contribution >= 4 is 16.3 Å². The largest absolute Gasteiger partial charge is 0.0761 e. The van der Waals surface area contributed by atoms with Crippen LogP contribution in [0.15, 0.2) is 84.5 Å². The zero-order valence-electron chi connectivity index (χ0n) is 14.8. The predicted octanol–water partition coefficient (Wildman–Crippen LogP) is 6.63. The topological polar surface area (TPSA) is 0 Å². The second-order valence-corrected chi connectivity index (χ2v) is 7.84. The first-order chi connectivity index (χ1) is 12.1. The minimum Gasteiger partial charge on any atom is -0.0761 e. The maximum Gasteiger partial charge on any atom is 0.0121 e. The summed E-state index contributed by atoms with van der Waals surface area (Å²) in [6, 6.07) is 24.5. The Morgan fingerprint density at radius 2 is 1.60 bits per heavy atom. The Morgan fingerprint density at radius 1 is 0.840 bits per heavy atom. The average Bonchev–Trinajstić information content (AvgIpc) is 2.89. The van der Waals surface area contributed by atoms with Crippen LogP contribution in [0, 0.1) is 0 Å². The van der Waals surface area contributed by atoms with Crippen LogP contribution < -0.4 is 0 Å². The van der Waals surface area contributed by atoms with E-state index in [0.717, 1.165) is 6.42 Å². The van der Waals surface area contributed by atoms with E-state index in [2.05, 4.69) is 92.7 Å². The molecule has 0 spiro atoms. The van der Waals surface area contributed by atoms with Gasteiger partial charge in [-0.3, -0.25) is 0 Å². The fraction of sp³-hybridized carbons (Fsp3) is 0.200. The third-order valence-corrected chi connectivity index (χ3v) is 6.09. The number of hydrogen-bond acceptors (Lipinski definition) is 0. The van der Waals surface area contributed by atoms with Gasteiger partial charge in [-0.1, -0.05) is 98.3 Å². The highest BCUT2D eigenvalue weighted by Crippen LogP contribution is 2.52. The summed E-state index contributed by atoms with van der Waals surface area (Å²) in [6.07, 6.45) is 5.89. The van der Waals surface area contributed by atoms with Gasteiger partial charge in [-0.05, 0) is 39.5 Å². The summed E-state index contributed by atoms with van der Waals surface area (Å²) in [5, 5.41) is 2.65. The zero-order valence-corrected chi connectivity index (χ0v) is 14.8. The highest BCUT2D eigenvalue weighted by atomic mass is 14.4. The zero-order chi connectivity index (χ0) is 17.0. The monoisotopic (exact) mass is 322 g/mol. The predicted molar refractivity (Wildman–Crippen MR) is 107 cm³/mol. The molecule has 0 heteroatoms. The maximum atomic E-state index is 2.40. The highest BCUT2D eigenvalue weighted by molar-refractivity contribution is 5.87. The molecule has 2 aliphatic carbocycles. The van der Waals surface area contributed by atoms with Gasteiger partial charge in [-0.15, -0.1) is 0 Å². The average molecular weight is 322 g/mol. The molecule has 0 nitrogen and oxygen atoms in total. The summed E-state index contributed by atoms with van der Waals surface area (Å²) < 4.78 is 0. The molecule has 0 aliphatic heterocycles. The quantitative estimate of drug-likeness (QED) is 0.472. The van der Waals surface area contributed by atoms with Crippen molar-refractivity contribution in [2.45, 2.75) is 31.6 Å². The lowest BCUT2D eigenvalue weighted by Gasteiger charge is -2.29. The number of hydrogen-bond donors (Lipinski definition) is 0. The first-order valence-electron chi connectivity index (χ1n) is 9.15. The smallest absolute Gasteiger partial charge is 0.0121 e. The van der Waals surface area contributed by atoms with Crippen molar-refractivity contribution in [3.8, 4) is 0 Å². The molecule has 0 saturated heterocycles. The fourth-order valence-electron chi connectivity index (χ4n) is 4.65.